The summed E-state index contributed by atoms with van der Waals surface area (Å²) in [6, 6.07) is 0. The number of ether oxygens (including phenoxy) is 7. The van der Waals surface area contributed by atoms with Gasteiger partial charge in [0.2, 0.25) is 0 Å². The molecule has 0 heterocycles. The number of amides is 1. The molecule has 0 aliphatic heterocycles. The Balaban J connectivity index is 3.26. The molecule has 0 atom stereocenters. The van der Waals surface area contributed by atoms with Crippen molar-refractivity contribution in [1.82, 2.24) is 4.90 Å². The molecule has 10 nitrogen and oxygen atoms in total. The van der Waals surface area contributed by atoms with Gasteiger partial charge in [-0.25, -0.2) is 4.79 Å². The average molecular weight is 550 g/mol. The second-order valence-corrected chi connectivity index (χ2v) is 10.1. The van der Waals surface area contributed by atoms with Crippen LogP contribution in [0.4, 0.5) is 4.79 Å². The smallest absolute Gasteiger partial charge is 0.410 e. The van der Waals surface area contributed by atoms with Crippen molar-refractivity contribution in [1.29, 1.82) is 0 Å². The number of hydrogen-bond donors (Lipinski definition) is 0. The predicted molar refractivity (Wildman–Crippen MR) is 147 cm³/mol. The first-order chi connectivity index (χ1) is 18.3. The van der Waals surface area contributed by atoms with Crippen molar-refractivity contribution in [2.24, 2.45) is 0 Å². The second-order valence-electron chi connectivity index (χ2n) is 10.1. The molecule has 0 saturated heterocycles. The zero-order valence-electron chi connectivity index (χ0n) is 24.8. The molecule has 0 unspecified atom stereocenters. The van der Waals surface area contributed by atoms with E-state index in [0.717, 1.165) is 12.8 Å². The fourth-order valence-electron chi connectivity index (χ4n) is 3.13. The van der Waals surface area contributed by atoms with Gasteiger partial charge in [0.05, 0.1) is 66.1 Å². The van der Waals surface area contributed by atoms with Crippen LogP contribution in [0.15, 0.2) is 0 Å². The lowest BCUT2D eigenvalue weighted by atomic mass is 10.1. The predicted octanol–water partition coefficient (Wildman–Crippen LogP) is 4.62. The summed E-state index contributed by atoms with van der Waals surface area (Å²) in [4.78, 5) is 25.0. The summed E-state index contributed by atoms with van der Waals surface area (Å²) in [5.74, 6) is -0.143. The fourth-order valence-corrected chi connectivity index (χ4v) is 3.13. The van der Waals surface area contributed by atoms with E-state index in [-0.39, 0.29) is 18.7 Å². The summed E-state index contributed by atoms with van der Waals surface area (Å²) in [6.07, 6.45) is 8.43. The van der Waals surface area contributed by atoms with Crippen LogP contribution >= 0.6 is 0 Å². The Kier molecular flexibility index (Phi) is 24.8. The Morgan fingerprint density at radius 2 is 1.03 bits per heavy atom. The molecule has 0 spiro atoms. The van der Waals surface area contributed by atoms with Crippen LogP contribution in [-0.2, 0) is 38.0 Å². The molecule has 0 saturated carbocycles. The number of hydrogen-bond acceptors (Lipinski definition) is 9. The van der Waals surface area contributed by atoms with Crippen molar-refractivity contribution in [3.63, 3.8) is 0 Å². The van der Waals surface area contributed by atoms with Gasteiger partial charge in [0.25, 0.3) is 0 Å². The molecule has 0 aliphatic carbocycles. The summed E-state index contributed by atoms with van der Waals surface area (Å²) in [5.41, 5.74) is -0.506. The molecule has 38 heavy (non-hydrogen) atoms. The zero-order chi connectivity index (χ0) is 28.3. The Morgan fingerprint density at radius 1 is 0.605 bits per heavy atom. The minimum atomic E-state index is -0.506. The molecule has 0 fully saturated rings. The molecule has 0 aromatic carbocycles. The topological polar surface area (TPSA) is 102 Å². The molecule has 1 amide bonds. The first-order valence-corrected chi connectivity index (χ1v) is 14.2. The molecular formula is C28H55NO9. The van der Waals surface area contributed by atoms with Crippen LogP contribution in [0.1, 0.15) is 79.1 Å². The van der Waals surface area contributed by atoms with E-state index in [1.54, 1.807) is 7.05 Å². The summed E-state index contributed by atoms with van der Waals surface area (Å²) in [5, 5.41) is 0. The summed E-state index contributed by atoms with van der Waals surface area (Å²) in [6.45, 7) is 13.0. The zero-order valence-corrected chi connectivity index (χ0v) is 24.8. The third kappa shape index (κ3) is 27.6. The van der Waals surface area contributed by atoms with Crippen LogP contribution < -0.4 is 0 Å². The van der Waals surface area contributed by atoms with Gasteiger partial charge in [-0.2, -0.15) is 0 Å². The molecule has 0 N–H and O–H groups in total. The molecule has 226 valence electrons. The van der Waals surface area contributed by atoms with Crippen molar-refractivity contribution >= 4 is 12.1 Å². The van der Waals surface area contributed by atoms with Gasteiger partial charge in [-0.1, -0.05) is 45.4 Å². The highest BCUT2D eigenvalue weighted by Crippen LogP contribution is 2.09. The maximum absolute atomic E-state index is 11.8. The Morgan fingerprint density at radius 3 is 1.50 bits per heavy atom. The van der Waals surface area contributed by atoms with Gasteiger partial charge >= 0.3 is 12.1 Å². The van der Waals surface area contributed by atoms with Crippen molar-refractivity contribution in [3.8, 4) is 0 Å². The lowest BCUT2D eigenvalue weighted by Crippen LogP contribution is -2.36. The van der Waals surface area contributed by atoms with Gasteiger partial charge in [0, 0.05) is 20.0 Å². The molecular weight excluding hydrogens is 494 g/mol. The minimum absolute atomic E-state index is 0.143. The van der Waals surface area contributed by atoms with Gasteiger partial charge < -0.3 is 38.1 Å². The highest BCUT2D eigenvalue weighted by molar-refractivity contribution is 5.69. The highest BCUT2D eigenvalue weighted by Gasteiger charge is 2.19. The lowest BCUT2D eigenvalue weighted by Gasteiger charge is -2.24. The Bertz CT molecular complexity index is 555. The number of unbranched alkanes of at least 4 members (excludes halogenated alkanes) is 6. The van der Waals surface area contributed by atoms with Crippen LogP contribution in [0.5, 0.6) is 0 Å². The number of rotatable bonds is 26. The third-order valence-electron chi connectivity index (χ3n) is 5.24. The van der Waals surface area contributed by atoms with E-state index in [1.165, 1.54) is 37.0 Å². The van der Waals surface area contributed by atoms with Crippen molar-refractivity contribution in [3.05, 3.63) is 0 Å². The summed E-state index contributed by atoms with van der Waals surface area (Å²) in [7, 11) is 1.68. The number of carbonyl (C=O) groups is 2. The molecule has 0 aromatic heterocycles. The monoisotopic (exact) mass is 549 g/mol. The Hall–Kier alpha value is -1.46. The lowest BCUT2D eigenvalue weighted by molar-refractivity contribution is -0.145. The van der Waals surface area contributed by atoms with Crippen molar-refractivity contribution < 1.29 is 42.7 Å². The molecule has 10 heteroatoms. The summed E-state index contributed by atoms with van der Waals surface area (Å²) >= 11 is 0. The van der Waals surface area contributed by atoms with Crippen LogP contribution in [0.3, 0.4) is 0 Å². The maximum Gasteiger partial charge on any atom is 0.410 e. The van der Waals surface area contributed by atoms with E-state index >= 15 is 0 Å². The second kappa shape index (κ2) is 25.8. The minimum Gasteiger partial charge on any atom is -0.463 e. The van der Waals surface area contributed by atoms with E-state index in [0.29, 0.717) is 79.0 Å². The van der Waals surface area contributed by atoms with E-state index in [2.05, 4.69) is 6.92 Å². The number of esters is 1. The fraction of sp³-hybridized carbons (Fsp3) is 0.929. The van der Waals surface area contributed by atoms with E-state index in [4.69, 9.17) is 33.2 Å². The highest BCUT2D eigenvalue weighted by atomic mass is 16.6. The molecule has 0 rings (SSSR count). The largest absolute Gasteiger partial charge is 0.463 e. The van der Waals surface area contributed by atoms with Gasteiger partial charge in [-0.05, 0) is 27.2 Å². The van der Waals surface area contributed by atoms with Gasteiger partial charge in [-0.15, -0.1) is 0 Å². The van der Waals surface area contributed by atoms with Gasteiger partial charge in [-0.3, -0.25) is 4.79 Å². The van der Waals surface area contributed by atoms with Crippen LogP contribution in [0.25, 0.3) is 0 Å². The van der Waals surface area contributed by atoms with Gasteiger partial charge in [0.1, 0.15) is 12.2 Å². The number of carbonyl (C=O) groups excluding carboxylic acids is 2. The van der Waals surface area contributed by atoms with E-state index in [1.807, 2.05) is 20.8 Å². The van der Waals surface area contributed by atoms with Gasteiger partial charge in [0.15, 0.2) is 0 Å². The average Bonchev–Trinajstić information content (AvgIpc) is 2.86. The standard InChI is InChI=1S/C28H55NO9/c1-6-7-8-9-10-11-12-13-26(30)37-25-24-36-23-22-35-21-20-34-19-18-33-17-16-32-15-14-29(5)27(31)38-28(2,3)4/h6-25H2,1-5H3. The molecule has 0 aromatic rings. The Labute approximate surface area is 230 Å². The first-order valence-electron chi connectivity index (χ1n) is 14.2. The van der Waals surface area contributed by atoms with E-state index < -0.39 is 5.60 Å². The summed E-state index contributed by atoms with van der Waals surface area (Å²) < 4.78 is 37.7. The quantitative estimate of drug-likeness (QED) is 0.113. The third-order valence-corrected chi connectivity index (χ3v) is 5.24. The van der Waals surface area contributed by atoms with Crippen LogP contribution in [-0.4, -0.2) is 109 Å². The molecule has 0 aliphatic rings. The molecule has 0 bridgehead atoms. The molecule has 0 radical (unpaired) electrons. The SMILES string of the molecule is CCCCCCCCCC(=O)OCCOCCOCCOCCOCCOCCN(C)C(=O)OC(C)(C)C. The van der Waals surface area contributed by atoms with Crippen molar-refractivity contribution in [2.45, 2.75) is 84.7 Å². The first kappa shape index (κ1) is 36.5. The number of likely N-dealkylation sites (N-methyl/N-ethyl adjacent to an activating group) is 1. The normalized spacial score (nSPS) is 11.5. The van der Waals surface area contributed by atoms with Crippen LogP contribution in [0.2, 0.25) is 0 Å². The maximum atomic E-state index is 11.8. The number of nitrogens with zero attached hydrogens (tertiary/aromatic N) is 1. The van der Waals surface area contributed by atoms with Crippen LogP contribution in [0, 0.1) is 0 Å². The van der Waals surface area contributed by atoms with E-state index in [9.17, 15) is 9.59 Å². The van der Waals surface area contributed by atoms with Crippen molar-refractivity contribution in [2.75, 3.05) is 86.3 Å².